The predicted octanol–water partition coefficient (Wildman–Crippen LogP) is 0.0692. The molecule has 100 valence electrons. The van der Waals surface area contributed by atoms with Crippen LogP contribution in [-0.4, -0.2) is 26.7 Å². The highest BCUT2D eigenvalue weighted by Gasteiger charge is 2.15. The lowest BCUT2D eigenvalue weighted by Gasteiger charge is -2.11. The van der Waals surface area contributed by atoms with Gasteiger partial charge < -0.3 is 9.88 Å². The van der Waals surface area contributed by atoms with Gasteiger partial charge in [0.15, 0.2) is 0 Å². The zero-order valence-electron chi connectivity index (χ0n) is 10.8. The molecule has 0 bridgehead atoms. The Bertz CT molecular complexity index is 529. The smallest absolute Gasteiger partial charge is 0.311 e. The molecule has 0 amide bonds. The lowest BCUT2D eigenvalue weighted by molar-refractivity contribution is 0.614. The molecule has 1 aromatic heterocycles. The average Bonchev–Trinajstić information content (AvgIpc) is 2.86. The Labute approximate surface area is 110 Å². The van der Waals surface area contributed by atoms with Crippen molar-refractivity contribution < 1.29 is 0 Å². The van der Waals surface area contributed by atoms with E-state index < -0.39 is 0 Å². The van der Waals surface area contributed by atoms with Gasteiger partial charge in [0, 0.05) is 44.2 Å². The quantitative estimate of drug-likeness (QED) is 0.840. The van der Waals surface area contributed by atoms with Gasteiger partial charge in [-0.1, -0.05) is 0 Å². The van der Waals surface area contributed by atoms with Gasteiger partial charge in [0.25, 0.3) is 5.56 Å². The normalized spacial score (nSPS) is 19.3. The summed E-state index contributed by atoms with van der Waals surface area (Å²) < 4.78 is 2.60. The number of hydrogen-bond acceptors (Lipinski definition) is 4. The van der Waals surface area contributed by atoms with E-state index >= 15 is 0 Å². The molecule has 1 saturated heterocycles. The summed E-state index contributed by atoms with van der Waals surface area (Å²) in [5, 5.41) is 3.98. The Morgan fingerprint density at radius 3 is 2.89 bits per heavy atom. The van der Waals surface area contributed by atoms with Gasteiger partial charge in [0.2, 0.25) is 0 Å². The molecular formula is C12H19N3O2S. The van der Waals surface area contributed by atoms with Crippen molar-refractivity contribution in [1.82, 2.24) is 14.5 Å². The molecule has 0 saturated carbocycles. The van der Waals surface area contributed by atoms with Gasteiger partial charge in [0.05, 0.1) is 0 Å². The topological polar surface area (TPSA) is 56.0 Å². The zero-order chi connectivity index (χ0) is 13.1. The van der Waals surface area contributed by atoms with Crippen LogP contribution in [0.1, 0.15) is 18.4 Å². The molecular weight excluding hydrogens is 250 g/mol. The van der Waals surface area contributed by atoms with Gasteiger partial charge in [0.1, 0.15) is 0 Å². The van der Waals surface area contributed by atoms with Crippen molar-refractivity contribution in [3.8, 4) is 0 Å². The van der Waals surface area contributed by atoms with Crippen molar-refractivity contribution in [3.05, 3.63) is 32.6 Å². The van der Waals surface area contributed by atoms with Gasteiger partial charge in [-0.05, 0) is 18.6 Å². The summed E-state index contributed by atoms with van der Waals surface area (Å²) in [6.07, 6.45) is 4.17. The van der Waals surface area contributed by atoms with Crippen LogP contribution in [-0.2, 0) is 20.6 Å². The maximum atomic E-state index is 11.9. The van der Waals surface area contributed by atoms with Crippen molar-refractivity contribution in [3.63, 3.8) is 0 Å². The third-order valence-electron chi connectivity index (χ3n) is 3.23. The van der Waals surface area contributed by atoms with E-state index in [1.807, 2.05) is 11.8 Å². The maximum absolute atomic E-state index is 11.9. The highest BCUT2D eigenvalue weighted by Crippen LogP contribution is 2.25. The van der Waals surface area contributed by atoms with Gasteiger partial charge in [-0.2, -0.15) is 11.8 Å². The van der Waals surface area contributed by atoms with Crippen molar-refractivity contribution in [2.75, 3.05) is 12.3 Å². The monoisotopic (exact) mass is 269 g/mol. The number of hydrogen-bond donors (Lipinski definition) is 1. The maximum Gasteiger partial charge on any atom is 0.330 e. The van der Waals surface area contributed by atoms with E-state index in [9.17, 15) is 9.59 Å². The highest BCUT2D eigenvalue weighted by molar-refractivity contribution is 8.00. The number of nitrogens with zero attached hydrogens (tertiary/aromatic N) is 2. The van der Waals surface area contributed by atoms with Crippen LogP contribution in [0, 0.1) is 0 Å². The second-order valence-electron chi connectivity index (χ2n) is 4.68. The largest absolute Gasteiger partial charge is 0.330 e. The molecule has 0 aromatic carbocycles. The number of rotatable bonds is 4. The average molecular weight is 269 g/mol. The number of nitrogens with one attached hydrogen (secondary N) is 1. The fourth-order valence-corrected chi connectivity index (χ4v) is 3.41. The molecule has 0 aliphatic carbocycles. The molecule has 1 N–H and O–H groups in total. The fourth-order valence-electron chi connectivity index (χ4n) is 2.18. The van der Waals surface area contributed by atoms with Crippen LogP contribution in [0.3, 0.4) is 0 Å². The summed E-state index contributed by atoms with van der Waals surface area (Å²) in [4.78, 5) is 23.4. The number of thioether (sulfide) groups is 1. The van der Waals surface area contributed by atoms with E-state index in [0.717, 1.165) is 11.1 Å². The molecule has 2 rings (SSSR count). The van der Waals surface area contributed by atoms with E-state index in [2.05, 4.69) is 5.32 Å². The van der Waals surface area contributed by atoms with Crippen molar-refractivity contribution in [1.29, 1.82) is 0 Å². The van der Waals surface area contributed by atoms with Crippen LogP contribution >= 0.6 is 11.8 Å². The third kappa shape index (κ3) is 2.87. The molecule has 1 aliphatic heterocycles. The molecule has 2 heterocycles. The lowest BCUT2D eigenvalue weighted by atomic mass is 10.2. The third-order valence-corrected chi connectivity index (χ3v) is 4.63. The van der Waals surface area contributed by atoms with Gasteiger partial charge in [-0.15, -0.1) is 0 Å². The second kappa shape index (κ2) is 5.75. The minimum Gasteiger partial charge on any atom is -0.311 e. The Morgan fingerprint density at radius 1 is 1.44 bits per heavy atom. The zero-order valence-corrected chi connectivity index (χ0v) is 11.6. The Balaban J connectivity index is 2.01. The van der Waals surface area contributed by atoms with Crippen molar-refractivity contribution in [2.24, 2.45) is 14.1 Å². The van der Waals surface area contributed by atoms with Gasteiger partial charge >= 0.3 is 5.69 Å². The summed E-state index contributed by atoms with van der Waals surface area (Å²) in [6, 6.07) is 0. The molecule has 0 spiro atoms. The van der Waals surface area contributed by atoms with E-state index in [-0.39, 0.29) is 11.2 Å². The van der Waals surface area contributed by atoms with E-state index in [0.29, 0.717) is 17.4 Å². The standard InChI is InChI=1S/C12H19N3O2S/c1-14-8-9(11(16)15(2)12(14)17)6-13-7-10-4-3-5-18-10/h8,10,13H,3-7H2,1-2H3. The molecule has 1 unspecified atom stereocenters. The van der Waals surface area contributed by atoms with Crippen LogP contribution in [0.15, 0.2) is 15.8 Å². The Kier molecular flexibility index (Phi) is 4.29. The Hall–Kier alpha value is -1.01. The van der Waals surface area contributed by atoms with Gasteiger partial charge in [-0.3, -0.25) is 9.36 Å². The van der Waals surface area contributed by atoms with Crippen LogP contribution in [0.2, 0.25) is 0 Å². The SMILES string of the molecule is Cn1cc(CNCC2CCCS2)c(=O)n(C)c1=O. The first-order chi connectivity index (χ1) is 8.59. The molecule has 1 atom stereocenters. The van der Waals surface area contributed by atoms with Gasteiger partial charge in [-0.25, -0.2) is 4.79 Å². The first-order valence-electron chi connectivity index (χ1n) is 6.17. The summed E-state index contributed by atoms with van der Waals surface area (Å²) >= 11 is 1.99. The highest BCUT2D eigenvalue weighted by atomic mass is 32.2. The molecule has 5 nitrogen and oxygen atoms in total. The lowest BCUT2D eigenvalue weighted by Crippen LogP contribution is -2.39. The minimum absolute atomic E-state index is 0.204. The molecule has 1 fully saturated rings. The summed E-state index contributed by atoms with van der Waals surface area (Å²) in [7, 11) is 3.18. The minimum atomic E-state index is -0.282. The van der Waals surface area contributed by atoms with Crippen molar-refractivity contribution >= 4 is 11.8 Å². The fraction of sp³-hybridized carbons (Fsp3) is 0.667. The van der Waals surface area contributed by atoms with Crippen LogP contribution < -0.4 is 16.6 Å². The van der Waals surface area contributed by atoms with Crippen LogP contribution in [0.5, 0.6) is 0 Å². The first kappa shape index (κ1) is 13.4. The van der Waals surface area contributed by atoms with Crippen molar-refractivity contribution in [2.45, 2.75) is 24.6 Å². The summed E-state index contributed by atoms with van der Waals surface area (Å²) in [5.74, 6) is 1.24. The molecule has 18 heavy (non-hydrogen) atoms. The van der Waals surface area contributed by atoms with E-state index in [1.165, 1.54) is 30.2 Å². The van der Waals surface area contributed by atoms with E-state index in [4.69, 9.17) is 0 Å². The van der Waals surface area contributed by atoms with Crippen LogP contribution in [0.25, 0.3) is 0 Å². The second-order valence-corrected chi connectivity index (χ2v) is 6.09. The number of aromatic nitrogens is 2. The van der Waals surface area contributed by atoms with Crippen LogP contribution in [0.4, 0.5) is 0 Å². The molecule has 6 heteroatoms. The Morgan fingerprint density at radius 2 is 2.22 bits per heavy atom. The first-order valence-corrected chi connectivity index (χ1v) is 7.22. The molecule has 1 aromatic rings. The molecule has 0 radical (unpaired) electrons. The predicted molar refractivity (Wildman–Crippen MR) is 74.1 cm³/mol. The summed E-state index contributed by atoms with van der Waals surface area (Å²) in [6.45, 7) is 1.45. The molecule has 1 aliphatic rings. The van der Waals surface area contributed by atoms with E-state index in [1.54, 1.807) is 13.2 Å². The number of aryl methyl sites for hydroxylation is 1. The summed E-state index contributed by atoms with van der Waals surface area (Å²) in [5.41, 5.74) is 0.155.